The summed E-state index contributed by atoms with van der Waals surface area (Å²) in [5, 5.41) is 9.78. The van der Waals surface area contributed by atoms with Gasteiger partial charge in [0.25, 0.3) is 0 Å². The van der Waals surface area contributed by atoms with Crippen molar-refractivity contribution in [1.82, 2.24) is 14.8 Å². The van der Waals surface area contributed by atoms with Crippen molar-refractivity contribution < 1.29 is 9.53 Å². The molecule has 0 N–H and O–H groups in total. The Balaban J connectivity index is 1.85. The van der Waals surface area contributed by atoms with Crippen LogP contribution in [-0.2, 0) is 11.4 Å². The predicted molar refractivity (Wildman–Crippen MR) is 112 cm³/mol. The molecule has 3 aromatic rings. The highest BCUT2D eigenvalue weighted by Gasteiger charge is 2.23. The quantitative estimate of drug-likeness (QED) is 0.496. The number of Topliss-reactive ketones (excluding diaryl/α,β-unsaturated/α-hetero) is 1. The highest BCUT2D eigenvalue weighted by atomic mass is 35.5. The average Bonchev–Trinajstić information content (AvgIpc) is 3.08. The number of para-hydroxylation sites is 2. The van der Waals surface area contributed by atoms with Crippen LogP contribution in [0.5, 0.6) is 5.75 Å². The van der Waals surface area contributed by atoms with Gasteiger partial charge in [0.15, 0.2) is 11.0 Å². The van der Waals surface area contributed by atoms with Crippen molar-refractivity contribution in [3.63, 3.8) is 0 Å². The Kier molecular flexibility index (Phi) is 6.42. The average molecular weight is 416 g/mol. The van der Waals surface area contributed by atoms with E-state index >= 15 is 0 Å². The molecule has 0 bridgehead atoms. The number of ketones is 1. The maximum Gasteiger partial charge on any atom is 0.196 e. The second kappa shape index (κ2) is 8.80. The van der Waals surface area contributed by atoms with Crippen LogP contribution in [0.15, 0.2) is 59.8 Å². The standard InChI is InChI=1S/C21H22ClN3O2S/c1-21(2,3)18(26)14-28-20-24-23-19(25(20)15-9-5-4-6-10-15)13-27-17-12-8-7-11-16(17)22/h4-12H,13-14H2,1-3H3. The molecule has 0 saturated carbocycles. The number of rotatable bonds is 7. The molecular weight excluding hydrogens is 394 g/mol. The van der Waals surface area contributed by atoms with Crippen LogP contribution in [0.4, 0.5) is 0 Å². The fourth-order valence-corrected chi connectivity index (χ4v) is 3.70. The van der Waals surface area contributed by atoms with E-state index in [9.17, 15) is 4.79 Å². The maximum absolute atomic E-state index is 12.3. The molecule has 0 amide bonds. The van der Waals surface area contributed by atoms with Crippen molar-refractivity contribution >= 4 is 29.1 Å². The van der Waals surface area contributed by atoms with Gasteiger partial charge in [0.1, 0.15) is 18.1 Å². The summed E-state index contributed by atoms with van der Waals surface area (Å²) in [6, 6.07) is 17.1. The Morgan fingerprint density at radius 2 is 1.75 bits per heavy atom. The van der Waals surface area contributed by atoms with Crippen LogP contribution in [0.1, 0.15) is 26.6 Å². The lowest BCUT2D eigenvalue weighted by atomic mass is 9.92. The van der Waals surface area contributed by atoms with E-state index < -0.39 is 0 Å². The van der Waals surface area contributed by atoms with E-state index in [1.165, 1.54) is 11.8 Å². The minimum absolute atomic E-state index is 0.161. The van der Waals surface area contributed by atoms with Crippen molar-refractivity contribution in [1.29, 1.82) is 0 Å². The molecule has 0 aliphatic carbocycles. The summed E-state index contributed by atoms with van der Waals surface area (Å²) in [7, 11) is 0. The molecule has 0 saturated heterocycles. The van der Waals surface area contributed by atoms with Crippen molar-refractivity contribution in [2.24, 2.45) is 5.41 Å². The number of benzene rings is 2. The van der Waals surface area contributed by atoms with E-state index in [0.717, 1.165) is 5.69 Å². The van der Waals surface area contributed by atoms with Crippen LogP contribution in [0.3, 0.4) is 0 Å². The largest absolute Gasteiger partial charge is 0.484 e. The third-order valence-electron chi connectivity index (χ3n) is 4.08. The number of nitrogens with zero attached hydrogens (tertiary/aromatic N) is 3. The monoisotopic (exact) mass is 415 g/mol. The highest BCUT2D eigenvalue weighted by Crippen LogP contribution is 2.27. The van der Waals surface area contributed by atoms with E-state index in [1.807, 2.05) is 73.9 Å². The van der Waals surface area contributed by atoms with E-state index in [2.05, 4.69) is 10.2 Å². The van der Waals surface area contributed by atoms with Gasteiger partial charge >= 0.3 is 0 Å². The number of ether oxygens (including phenoxy) is 1. The molecular formula is C21H22ClN3O2S. The molecule has 0 unspecified atom stereocenters. The number of hydrogen-bond acceptors (Lipinski definition) is 5. The minimum Gasteiger partial charge on any atom is -0.484 e. The van der Waals surface area contributed by atoms with Gasteiger partial charge in [0, 0.05) is 11.1 Å². The zero-order valence-corrected chi connectivity index (χ0v) is 17.6. The summed E-state index contributed by atoms with van der Waals surface area (Å²) in [5.74, 6) is 1.72. The molecule has 1 heterocycles. The van der Waals surface area contributed by atoms with Crippen LogP contribution >= 0.6 is 23.4 Å². The molecule has 5 nitrogen and oxygen atoms in total. The highest BCUT2D eigenvalue weighted by molar-refractivity contribution is 7.99. The lowest BCUT2D eigenvalue weighted by Gasteiger charge is -2.16. The Hall–Kier alpha value is -2.31. The predicted octanol–water partition coefficient (Wildman–Crippen LogP) is 5.21. The molecule has 7 heteroatoms. The molecule has 0 spiro atoms. The molecule has 28 heavy (non-hydrogen) atoms. The van der Waals surface area contributed by atoms with Crippen molar-refractivity contribution in [2.75, 3.05) is 5.75 Å². The van der Waals surface area contributed by atoms with Crippen LogP contribution in [0.25, 0.3) is 5.69 Å². The summed E-state index contributed by atoms with van der Waals surface area (Å²) in [6.07, 6.45) is 0. The van der Waals surface area contributed by atoms with E-state index in [-0.39, 0.29) is 17.8 Å². The van der Waals surface area contributed by atoms with Gasteiger partial charge in [-0.25, -0.2) is 0 Å². The first-order valence-corrected chi connectivity index (χ1v) is 10.3. The third kappa shape index (κ3) is 4.94. The first-order chi connectivity index (χ1) is 13.4. The Labute approximate surface area is 174 Å². The summed E-state index contributed by atoms with van der Waals surface area (Å²) < 4.78 is 7.76. The number of thioether (sulfide) groups is 1. The van der Waals surface area contributed by atoms with Gasteiger partial charge in [-0.05, 0) is 24.3 Å². The number of carbonyl (C=O) groups is 1. The maximum atomic E-state index is 12.3. The first-order valence-electron chi connectivity index (χ1n) is 8.89. The van der Waals surface area contributed by atoms with Crippen LogP contribution in [0.2, 0.25) is 5.02 Å². The summed E-state index contributed by atoms with van der Waals surface area (Å²) in [6.45, 7) is 5.96. The normalized spacial score (nSPS) is 11.4. The zero-order valence-electron chi connectivity index (χ0n) is 16.1. The van der Waals surface area contributed by atoms with Gasteiger partial charge in [-0.15, -0.1) is 10.2 Å². The van der Waals surface area contributed by atoms with Crippen molar-refractivity contribution in [3.05, 3.63) is 65.4 Å². The molecule has 0 aliphatic rings. The van der Waals surface area contributed by atoms with Gasteiger partial charge in [-0.2, -0.15) is 0 Å². The topological polar surface area (TPSA) is 57.0 Å². The van der Waals surface area contributed by atoms with Crippen molar-refractivity contribution in [2.45, 2.75) is 32.5 Å². The van der Waals surface area contributed by atoms with Crippen LogP contribution < -0.4 is 4.74 Å². The molecule has 146 valence electrons. The summed E-state index contributed by atoms with van der Waals surface area (Å²) in [5.41, 5.74) is 0.525. The molecule has 0 aliphatic heterocycles. The lowest BCUT2D eigenvalue weighted by molar-refractivity contribution is -0.123. The second-order valence-electron chi connectivity index (χ2n) is 7.25. The van der Waals surface area contributed by atoms with Crippen LogP contribution in [-0.4, -0.2) is 26.3 Å². The molecule has 0 fully saturated rings. The molecule has 1 aromatic heterocycles. The van der Waals surface area contributed by atoms with Crippen molar-refractivity contribution in [3.8, 4) is 11.4 Å². The third-order valence-corrected chi connectivity index (χ3v) is 5.32. The number of aromatic nitrogens is 3. The Morgan fingerprint density at radius 1 is 1.07 bits per heavy atom. The molecule has 0 atom stereocenters. The fourth-order valence-electron chi connectivity index (χ4n) is 2.37. The minimum atomic E-state index is -0.388. The fraction of sp³-hybridized carbons (Fsp3) is 0.286. The van der Waals surface area contributed by atoms with Gasteiger partial charge in [-0.1, -0.05) is 74.5 Å². The molecule has 3 rings (SSSR count). The summed E-state index contributed by atoms with van der Waals surface area (Å²) >= 11 is 7.55. The first kappa shape index (κ1) is 20.4. The lowest BCUT2D eigenvalue weighted by Crippen LogP contribution is -2.22. The number of hydrogen-bond donors (Lipinski definition) is 0. The Bertz CT molecular complexity index is 952. The van der Waals surface area contributed by atoms with Gasteiger partial charge < -0.3 is 4.74 Å². The smallest absolute Gasteiger partial charge is 0.196 e. The number of halogens is 1. The summed E-state index contributed by atoms with van der Waals surface area (Å²) in [4.78, 5) is 12.3. The van der Waals surface area contributed by atoms with Gasteiger partial charge in [0.2, 0.25) is 0 Å². The molecule has 0 radical (unpaired) electrons. The SMILES string of the molecule is CC(C)(C)C(=O)CSc1nnc(COc2ccccc2Cl)n1-c1ccccc1. The van der Waals surface area contributed by atoms with Gasteiger partial charge in [0.05, 0.1) is 10.8 Å². The molecule has 2 aromatic carbocycles. The van der Waals surface area contributed by atoms with Crippen LogP contribution in [0, 0.1) is 5.41 Å². The van der Waals surface area contributed by atoms with E-state index in [0.29, 0.717) is 27.5 Å². The van der Waals surface area contributed by atoms with E-state index in [1.54, 1.807) is 6.07 Å². The second-order valence-corrected chi connectivity index (χ2v) is 8.60. The number of carbonyl (C=O) groups excluding carboxylic acids is 1. The zero-order chi connectivity index (χ0) is 20.1. The van der Waals surface area contributed by atoms with Gasteiger partial charge in [-0.3, -0.25) is 9.36 Å². The Morgan fingerprint density at radius 3 is 2.43 bits per heavy atom. The van der Waals surface area contributed by atoms with E-state index in [4.69, 9.17) is 16.3 Å².